The van der Waals surface area contributed by atoms with Crippen LogP contribution >= 0.6 is 22.9 Å². The smallest absolute Gasteiger partial charge is 0.268 e. The summed E-state index contributed by atoms with van der Waals surface area (Å²) in [5, 5.41) is 5.10. The Kier molecular flexibility index (Phi) is 3.82. The van der Waals surface area contributed by atoms with E-state index >= 15 is 0 Å². The number of fused-ring (bicyclic) bond motifs is 1. The van der Waals surface area contributed by atoms with Crippen molar-refractivity contribution in [2.75, 3.05) is 6.54 Å². The number of thiazole rings is 1. The Labute approximate surface area is 142 Å². The predicted molar refractivity (Wildman–Crippen MR) is 91.9 cm³/mol. The van der Waals surface area contributed by atoms with E-state index in [0.717, 1.165) is 42.0 Å². The van der Waals surface area contributed by atoms with Crippen LogP contribution in [0, 0.1) is 0 Å². The number of carbonyl (C=O) groups excluding carboxylic acids is 1. The zero-order valence-corrected chi connectivity index (χ0v) is 14.4. The Morgan fingerprint density at radius 1 is 1.39 bits per heavy atom. The molecule has 1 aromatic carbocycles. The molecule has 118 valence electrons. The molecule has 1 saturated heterocycles. The van der Waals surface area contributed by atoms with Gasteiger partial charge in [-0.2, -0.15) is 0 Å². The normalized spacial score (nSPS) is 18.0. The quantitative estimate of drug-likeness (QED) is 0.727. The van der Waals surface area contributed by atoms with E-state index in [-0.39, 0.29) is 11.9 Å². The first-order valence-electron chi connectivity index (χ1n) is 7.75. The molecule has 1 fully saturated rings. The average Bonchev–Trinajstić information content (AvgIpc) is 3.30. The minimum atomic E-state index is 0.0543. The number of nitrogens with zero attached hydrogens (tertiary/aromatic N) is 4. The van der Waals surface area contributed by atoms with Crippen LogP contribution in [-0.2, 0) is 6.42 Å². The third kappa shape index (κ3) is 2.53. The molecule has 4 rings (SSSR count). The predicted octanol–water partition coefficient (Wildman–Crippen LogP) is 3.69. The molecule has 0 N–H and O–H groups in total. The highest BCUT2D eigenvalue weighted by molar-refractivity contribution is 7.18. The van der Waals surface area contributed by atoms with Gasteiger partial charge < -0.3 is 4.90 Å². The van der Waals surface area contributed by atoms with Crippen LogP contribution in [0.4, 0.5) is 0 Å². The Hall–Kier alpha value is -1.86. The van der Waals surface area contributed by atoms with Crippen LogP contribution in [0.5, 0.6) is 0 Å². The molecule has 0 bridgehead atoms. The third-order valence-corrected chi connectivity index (χ3v) is 6.09. The Morgan fingerprint density at radius 2 is 2.26 bits per heavy atom. The fourth-order valence-corrected chi connectivity index (χ4v) is 4.85. The van der Waals surface area contributed by atoms with Crippen molar-refractivity contribution < 1.29 is 4.79 Å². The first-order chi connectivity index (χ1) is 11.3. The van der Waals surface area contributed by atoms with Crippen molar-refractivity contribution in [2.45, 2.75) is 32.2 Å². The first-order valence-corrected chi connectivity index (χ1v) is 9.34. The minimum Gasteiger partial charge on any atom is -0.328 e. The number of hydrogen-bond donors (Lipinski definition) is 0. The van der Waals surface area contributed by atoms with Crippen LogP contribution in [-0.4, -0.2) is 31.9 Å². The third-order valence-electron chi connectivity index (χ3n) is 4.19. The number of rotatable bonds is 3. The number of para-hydroxylation sites is 1. The lowest BCUT2D eigenvalue weighted by atomic mass is 10.2. The maximum atomic E-state index is 12.9. The van der Waals surface area contributed by atoms with E-state index in [1.54, 1.807) is 11.3 Å². The zero-order chi connectivity index (χ0) is 15.8. The molecule has 1 aliphatic heterocycles. The van der Waals surface area contributed by atoms with Crippen molar-refractivity contribution >= 4 is 39.0 Å². The molecule has 1 unspecified atom stereocenters. The van der Waals surface area contributed by atoms with Crippen molar-refractivity contribution in [3.63, 3.8) is 0 Å². The average molecular weight is 344 g/mol. The Morgan fingerprint density at radius 3 is 3.09 bits per heavy atom. The van der Waals surface area contributed by atoms with Crippen LogP contribution < -0.4 is 0 Å². The van der Waals surface area contributed by atoms with Crippen LogP contribution in [0.1, 0.15) is 46.2 Å². The van der Waals surface area contributed by atoms with Gasteiger partial charge in [-0.05, 0) is 42.9 Å². The molecule has 1 atom stereocenters. The molecule has 3 aromatic rings. The summed E-state index contributed by atoms with van der Waals surface area (Å²) >= 11 is 2.89. The van der Waals surface area contributed by atoms with E-state index in [4.69, 9.17) is 4.98 Å². The van der Waals surface area contributed by atoms with Gasteiger partial charge in [-0.25, -0.2) is 4.98 Å². The van der Waals surface area contributed by atoms with Gasteiger partial charge in [-0.15, -0.1) is 16.4 Å². The molecule has 0 saturated carbocycles. The molecule has 5 nitrogen and oxygen atoms in total. The summed E-state index contributed by atoms with van der Waals surface area (Å²) in [5.74, 6) is 0.0543. The van der Waals surface area contributed by atoms with Gasteiger partial charge in [0.05, 0.1) is 22.0 Å². The topological polar surface area (TPSA) is 59.0 Å². The van der Waals surface area contributed by atoms with Crippen LogP contribution in [0.2, 0.25) is 0 Å². The van der Waals surface area contributed by atoms with E-state index in [0.29, 0.717) is 4.88 Å². The molecule has 1 amide bonds. The first kappa shape index (κ1) is 14.7. The lowest BCUT2D eigenvalue weighted by Crippen LogP contribution is -2.30. The molecular formula is C16H16N4OS2. The second-order valence-corrected chi connectivity index (χ2v) is 7.40. The summed E-state index contributed by atoms with van der Waals surface area (Å²) in [6.45, 7) is 2.78. The van der Waals surface area contributed by atoms with Gasteiger partial charge in [0.2, 0.25) is 0 Å². The molecule has 3 heterocycles. The van der Waals surface area contributed by atoms with E-state index in [2.05, 4.69) is 15.7 Å². The van der Waals surface area contributed by atoms with Gasteiger partial charge in [0, 0.05) is 6.54 Å². The summed E-state index contributed by atoms with van der Waals surface area (Å²) in [4.78, 5) is 20.3. The van der Waals surface area contributed by atoms with Crippen molar-refractivity contribution in [3.8, 4) is 0 Å². The molecule has 23 heavy (non-hydrogen) atoms. The van der Waals surface area contributed by atoms with Crippen molar-refractivity contribution in [2.24, 2.45) is 0 Å². The van der Waals surface area contributed by atoms with Crippen LogP contribution in [0.25, 0.3) is 10.2 Å². The van der Waals surface area contributed by atoms with Gasteiger partial charge in [-0.1, -0.05) is 23.5 Å². The molecule has 1 aliphatic rings. The van der Waals surface area contributed by atoms with Crippen molar-refractivity contribution in [1.82, 2.24) is 19.5 Å². The van der Waals surface area contributed by atoms with Gasteiger partial charge >= 0.3 is 0 Å². The summed E-state index contributed by atoms with van der Waals surface area (Å²) in [5.41, 5.74) is 1.82. The number of aryl methyl sites for hydroxylation is 1. The van der Waals surface area contributed by atoms with Crippen LogP contribution in [0.15, 0.2) is 24.3 Å². The number of hydrogen-bond acceptors (Lipinski definition) is 6. The fraction of sp³-hybridized carbons (Fsp3) is 0.375. The van der Waals surface area contributed by atoms with E-state index in [9.17, 15) is 4.79 Å². The summed E-state index contributed by atoms with van der Waals surface area (Å²) in [6.07, 6.45) is 2.72. The lowest BCUT2D eigenvalue weighted by Gasteiger charge is -2.22. The Balaban J connectivity index is 1.67. The monoisotopic (exact) mass is 344 g/mol. The maximum Gasteiger partial charge on any atom is 0.268 e. The molecule has 0 radical (unpaired) electrons. The van der Waals surface area contributed by atoms with Crippen molar-refractivity contribution in [1.29, 1.82) is 0 Å². The minimum absolute atomic E-state index is 0.0543. The van der Waals surface area contributed by atoms with E-state index in [1.807, 2.05) is 30.0 Å². The number of carbonyl (C=O) groups is 1. The second kappa shape index (κ2) is 5.98. The maximum absolute atomic E-state index is 12.9. The highest BCUT2D eigenvalue weighted by Gasteiger charge is 2.34. The molecule has 7 heteroatoms. The zero-order valence-electron chi connectivity index (χ0n) is 12.7. The highest BCUT2D eigenvalue weighted by Crippen LogP contribution is 2.37. The van der Waals surface area contributed by atoms with Crippen LogP contribution in [0.3, 0.4) is 0 Å². The van der Waals surface area contributed by atoms with Gasteiger partial charge in [0.15, 0.2) is 0 Å². The van der Waals surface area contributed by atoms with E-state index in [1.165, 1.54) is 16.2 Å². The largest absolute Gasteiger partial charge is 0.328 e. The molecule has 0 aliphatic carbocycles. The highest BCUT2D eigenvalue weighted by atomic mass is 32.1. The molecule has 0 spiro atoms. The summed E-state index contributed by atoms with van der Waals surface area (Å²) in [6, 6.07) is 8.21. The SMILES string of the molecule is CCc1nnsc1C(=O)N1CCCC1c1nc2ccccc2s1. The molecule has 2 aromatic heterocycles. The van der Waals surface area contributed by atoms with E-state index < -0.39 is 0 Å². The second-order valence-electron chi connectivity index (χ2n) is 5.58. The number of aromatic nitrogens is 3. The fourth-order valence-electron chi connectivity index (χ4n) is 3.03. The lowest BCUT2D eigenvalue weighted by molar-refractivity contribution is 0.0739. The number of benzene rings is 1. The van der Waals surface area contributed by atoms with Gasteiger partial charge in [0.25, 0.3) is 5.91 Å². The number of likely N-dealkylation sites (tertiary alicyclic amines) is 1. The summed E-state index contributed by atoms with van der Waals surface area (Å²) < 4.78 is 5.13. The van der Waals surface area contributed by atoms with Gasteiger partial charge in [0.1, 0.15) is 9.88 Å². The Bertz CT molecular complexity index is 824. The van der Waals surface area contributed by atoms with Gasteiger partial charge in [-0.3, -0.25) is 4.79 Å². The molecular weight excluding hydrogens is 328 g/mol. The summed E-state index contributed by atoms with van der Waals surface area (Å²) in [7, 11) is 0. The number of amides is 1. The standard InChI is InChI=1S/C16H16N4OS2/c1-2-10-14(23-19-18-10)16(21)20-9-5-7-12(20)15-17-11-6-3-4-8-13(11)22-15/h3-4,6,8,12H,2,5,7,9H2,1H3. The van der Waals surface area contributed by atoms with Crippen molar-refractivity contribution in [3.05, 3.63) is 39.8 Å².